The molecule has 0 saturated carbocycles. The minimum atomic E-state index is -4.74. The van der Waals surface area contributed by atoms with Crippen molar-refractivity contribution in [3.05, 3.63) is 41.5 Å². The molecule has 0 fully saturated rings. The molecule has 5 nitrogen and oxygen atoms in total. The zero-order valence-electron chi connectivity index (χ0n) is 10.8. The second-order valence-electron chi connectivity index (χ2n) is 4.16. The molecule has 0 atom stereocenters. The molecule has 1 aromatic carbocycles. The highest BCUT2D eigenvalue weighted by atomic mass is 19.4. The zero-order chi connectivity index (χ0) is 15.6. The summed E-state index contributed by atoms with van der Waals surface area (Å²) in [6.07, 6.45) is -4.74. The first-order valence-electron chi connectivity index (χ1n) is 5.76. The quantitative estimate of drug-likeness (QED) is 0.461. The number of rotatable bonds is 3. The third kappa shape index (κ3) is 3.37. The number of benzene rings is 1. The van der Waals surface area contributed by atoms with E-state index in [9.17, 15) is 17.6 Å². The topological polar surface area (TPSA) is 75.9 Å². The molecule has 112 valence electrons. The molecule has 0 saturated heterocycles. The van der Waals surface area contributed by atoms with Crippen LogP contribution in [0.2, 0.25) is 0 Å². The molecule has 2 rings (SSSR count). The number of alkyl halides is 3. The van der Waals surface area contributed by atoms with Gasteiger partial charge in [0.2, 0.25) is 5.82 Å². The second kappa shape index (κ2) is 5.52. The van der Waals surface area contributed by atoms with Gasteiger partial charge in [0.1, 0.15) is 17.5 Å². The Morgan fingerprint density at radius 1 is 1.14 bits per heavy atom. The number of hydrogen-bond donors (Lipinski definition) is 3. The van der Waals surface area contributed by atoms with Crippen LogP contribution in [-0.2, 0) is 6.18 Å². The minimum absolute atomic E-state index is 0.0345. The Morgan fingerprint density at radius 3 is 2.38 bits per heavy atom. The van der Waals surface area contributed by atoms with Gasteiger partial charge >= 0.3 is 6.18 Å². The number of nitrogens with two attached hydrogens (primary N) is 1. The number of halogens is 4. The summed E-state index contributed by atoms with van der Waals surface area (Å²) in [5.74, 6) is 2.62. The smallest absolute Gasteiger partial charge is 0.337 e. The SMILES string of the molecule is Cc1cccc(F)c1Nc1cc(NN)nc(C(F)(F)F)n1. The van der Waals surface area contributed by atoms with Crippen LogP contribution in [0.3, 0.4) is 0 Å². The van der Waals surface area contributed by atoms with Crippen molar-refractivity contribution in [3.63, 3.8) is 0 Å². The van der Waals surface area contributed by atoms with Gasteiger partial charge < -0.3 is 10.7 Å². The maximum atomic E-state index is 13.7. The van der Waals surface area contributed by atoms with Crippen LogP contribution in [0.25, 0.3) is 0 Å². The van der Waals surface area contributed by atoms with E-state index in [1.807, 2.05) is 5.43 Å². The number of hydrazine groups is 1. The van der Waals surface area contributed by atoms with Gasteiger partial charge in [-0.05, 0) is 18.6 Å². The lowest BCUT2D eigenvalue weighted by molar-refractivity contribution is -0.144. The van der Waals surface area contributed by atoms with Gasteiger partial charge in [0.15, 0.2) is 0 Å². The number of anilines is 3. The summed E-state index contributed by atoms with van der Waals surface area (Å²) in [5, 5.41) is 2.51. The van der Waals surface area contributed by atoms with Crippen LogP contribution in [0.4, 0.5) is 34.9 Å². The summed E-state index contributed by atoms with van der Waals surface area (Å²) in [7, 11) is 0. The molecule has 0 radical (unpaired) electrons. The van der Waals surface area contributed by atoms with E-state index in [0.717, 1.165) is 6.07 Å². The molecular formula is C12H11F4N5. The maximum Gasteiger partial charge on any atom is 0.451 e. The highest BCUT2D eigenvalue weighted by molar-refractivity contribution is 5.63. The van der Waals surface area contributed by atoms with Crippen molar-refractivity contribution in [1.82, 2.24) is 9.97 Å². The monoisotopic (exact) mass is 301 g/mol. The molecule has 0 bridgehead atoms. The van der Waals surface area contributed by atoms with Crippen LogP contribution in [0.5, 0.6) is 0 Å². The van der Waals surface area contributed by atoms with Crippen LogP contribution in [0.1, 0.15) is 11.4 Å². The second-order valence-corrected chi connectivity index (χ2v) is 4.16. The van der Waals surface area contributed by atoms with Crippen molar-refractivity contribution < 1.29 is 17.6 Å². The van der Waals surface area contributed by atoms with Crippen molar-refractivity contribution in [1.29, 1.82) is 0 Å². The van der Waals surface area contributed by atoms with Gasteiger partial charge in [-0.2, -0.15) is 13.2 Å². The van der Waals surface area contributed by atoms with Gasteiger partial charge in [-0.3, -0.25) is 0 Å². The predicted octanol–water partition coefficient (Wildman–Crippen LogP) is 2.97. The van der Waals surface area contributed by atoms with E-state index >= 15 is 0 Å². The highest BCUT2D eigenvalue weighted by Crippen LogP contribution is 2.30. The molecular weight excluding hydrogens is 290 g/mol. The summed E-state index contributed by atoms with van der Waals surface area (Å²) < 4.78 is 51.7. The molecule has 1 heterocycles. The van der Waals surface area contributed by atoms with E-state index in [-0.39, 0.29) is 17.3 Å². The van der Waals surface area contributed by atoms with Crippen molar-refractivity contribution in [2.45, 2.75) is 13.1 Å². The van der Waals surface area contributed by atoms with E-state index in [1.165, 1.54) is 12.1 Å². The summed E-state index contributed by atoms with van der Waals surface area (Å²) >= 11 is 0. The van der Waals surface area contributed by atoms with Gasteiger partial charge in [-0.15, -0.1) is 0 Å². The van der Waals surface area contributed by atoms with Gasteiger partial charge in [0.25, 0.3) is 0 Å². The first-order chi connectivity index (χ1) is 9.81. The summed E-state index contributed by atoms with van der Waals surface area (Å²) in [4.78, 5) is 6.52. The number of aryl methyl sites for hydroxylation is 1. The molecule has 4 N–H and O–H groups in total. The van der Waals surface area contributed by atoms with Gasteiger partial charge in [0, 0.05) is 6.07 Å². The Labute approximate surface area is 117 Å². The molecule has 1 aromatic heterocycles. The molecule has 0 spiro atoms. The van der Waals surface area contributed by atoms with Crippen LogP contribution in [0.15, 0.2) is 24.3 Å². The zero-order valence-corrected chi connectivity index (χ0v) is 10.8. The van der Waals surface area contributed by atoms with Gasteiger partial charge in [0.05, 0.1) is 5.69 Å². The van der Waals surface area contributed by atoms with Crippen LogP contribution < -0.4 is 16.6 Å². The van der Waals surface area contributed by atoms with E-state index in [1.54, 1.807) is 13.0 Å². The van der Waals surface area contributed by atoms with Crippen LogP contribution in [0, 0.1) is 12.7 Å². The molecule has 0 aliphatic carbocycles. The maximum absolute atomic E-state index is 13.7. The van der Waals surface area contributed by atoms with Crippen LogP contribution >= 0.6 is 0 Å². The van der Waals surface area contributed by atoms with Crippen molar-refractivity contribution in [2.75, 3.05) is 10.7 Å². The van der Waals surface area contributed by atoms with E-state index in [2.05, 4.69) is 15.3 Å². The number of hydrogen-bond acceptors (Lipinski definition) is 5. The fourth-order valence-electron chi connectivity index (χ4n) is 1.63. The van der Waals surface area contributed by atoms with Crippen molar-refractivity contribution >= 4 is 17.3 Å². The molecule has 21 heavy (non-hydrogen) atoms. The number of nitrogens with zero attached hydrogens (tertiary/aromatic N) is 2. The highest BCUT2D eigenvalue weighted by Gasteiger charge is 2.35. The number of para-hydroxylation sites is 1. The normalized spacial score (nSPS) is 11.3. The molecule has 0 aliphatic rings. The van der Waals surface area contributed by atoms with Crippen molar-refractivity contribution in [3.8, 4) is 0 Å². The summed E-state index contributed by atoms with van der Waals surface area (Å²) in [6, 6.07) is 5.42. The van der Waals surface area contributed by atoms with Gasteiger partial charge in [-0.1, -0.05) is 12.1 Å². The Bertz CT molecular complexity index is 636. The van der Waals surface area contributed by atoms with Crippen molar-refractivity contribution in [2.24, 2.45) is 5.84 Å². The average Bonchev–Trinajstić information content (AvgIpc) is 2.42. The number of aromatic nitrogens is 2. The van der Waals surface area contributed by atoms with Crippen LogP contribution in [-0.4, -0.2) is 9.97 Å². The average molecular weight is 301 g/mol. The minimum Gasteiger partial charge on any atom is -0.337 e. The third-order valence-corrected chi connectivity index (χ3v) is 2.60. The Kier molecular flexibility index (Phi) is 3.94. The Balaban J connectivity index is 2.45. The summed E-state index contributed by atoms with van der Waals surface area (Å²) in [6.45, 7) is 1.61. The van der Waals surface area contributed by atoms with E-state index < -0.39 is 17.8 Å². The number of nitrogens with one attached hydrogen (secondary N) is 2. The lowest BCUT2D eigenvalue weighted by Gasteiger charge is -2.13. The lowest BCUT2D eigenvalue weighted by atomic mass is 10.2. The summed E-state index contributed by atoms with van der Waals surface area (Å²) in [5.41, 5.74) is 2.56. The Morgan fingerprint density at radius 2 is 1.81 bits per heavy atom. The molecule has 2 aromatic rings. The molecule has 0 aliphatic heterocycles. The largest absolute Gasteiger partial charge is 0.451 e. The first-order valence-corrected chi connectivity index (χ1v) is 5.76. The number of nitrogen functional groups attached to an aromatic ring is 1. The lowest BCUT2D eigenvalue weighted by Crippen LogP contribution is -2.16. The van der Waals surface area contributed by atoms with E-state index in [0.29, 0.717) is 5.56 Å². The fraction of sp³-hybridized carbons (Fsp3) is 0.167. The predicted molar refractivity (Wildman–Crippen MR) is 69.3 cm³/mol. The Hall–Kier alpha value is -2.42. The van der Waals surface area contributed by atoms with Gasteiger partial charge in [-0.25, -0.2) is 20.2 Å². The first kappa shape index (κ1) is 15.0. The third-order valence-electron chi connectivity index (χ3n) is 2.60. The molecule has 0 unspecified atom stereocenters. The van der Waals surface area contributed by atoms with E-state index in [4.69, 9.17) is 5.84 Å². The fourth-order valence-corrected chi connectivity index (χ4v) is 1.63. The standard InChI is InChI=1S/C12H11F4N5/c1-6-3-2-4-7(13)10(6)18-8-5-9(21-17)20-11(19-8)12(14,15)16/h2-5H,17H2,1H3,(H2,18,19,20,21). The molecule has 0 amide bonds. The molecule has 9 heteroatoms.